The maximum atomic E-state index is 11.8. The van der Waals surface area contributed by atoms with Gasteiger partial charge in [-0.15, -0.1) is 0 Å². The lowest BCUT2D eigenvalue weighted by molar-refractivity contribution is -0.117. The molecule has 0 spiro atoms. The van der Waals surface area contributed by atoms with Crippen LogP contribution in [0.5, 0.6) is 5.75 Å². The third-order valence-corrected chi connectivity index (χ3v) is 2.56. The van der Waals surface area contributed by atoms with Gasteiger partial charge in [0.15, 0.2) is 0 Å². The molecule has 0 fully saturated rings. The fraction of sp³-hybridized carbons (Fsp3) is 0.385. The fourth-order valence-electron chi connectivity index (χ4n) is 1.61. The number of carboxylic acids is 1. The number of amides is 1. The molecule has 1 rings (SSSR count). The first-order chi connectivity index (χ1) is 8.81. The standard InChI is InChI=1S/C13H18N2O4/c1-7(2)5-9(14)12(17)15-10-6-8(13(18)19)3-4-11(10)16/h3-4,6-7,9,16H,5,14H2,1-2H3,(H,15,17)(H,18,19)/t9-/m1/s1. The Morgan fingerprint density at radius 2 is 2.00 bits per heavy atom. The van der Waals surface area contributed by atoms with Crippen molar-refractivity contribution in [2.45, 2.75) is 26.3 Å². The van der Waals surface area contributed by atoms with Crippen molar-refractivity contribution in [1.29, 1.82) is 0 Å². The van der Waals surface area contributed by atoms with Crippen molar-refractivity contribution in [2.75, 3.05) is 5.32 Å². The zero-order valence-corrected chi connectivity index (χ0v) is 10.9. The maximum absolute atomic E-state index is 11.8. The molecule has 0 radical (unpaired) electrons. The minimum atomic E-state index is -1.14. The highest BCUT2D eigenvalue weighted by atomic mass is 16.4. The van der Waals surface area contributed by atoms with Gasteiger partial charge in [0, 0.05) is 0 Å². The summed E-state index contributed by atoms with van der Waals surface area (Å²) in [5, 5.41) is 20.9. The van der Waals surface area contributed by atoms with Crippen LogP contribution >= 0.6 is 0 Å². The molecule has 1 aromatic rings. The molecule has 0 aromatic heterocycles. The average molecular weight is 266 g/mol. The van der Waals surface area contributed by atoms with Crippen molar-refractivity contribution in [3.05, 3.63) is 23.8 Å². The normalized spacial score (nSPS) is 12.2. The van der Waals surface area contributed by atoms with Crippen molar-refractivity contribution >= 4 is 17.6 Å². The van der Waals surface area contributed by atoms with Gasteiger partial charge in [-0.2, -0.15) is 0 Å². The number of benzene rings is 1. The molecule has 1 aromatic carbocycles. The molecular formula is C13H18N2O4. The van der Waals surface area contributed by atoms with E-state index in [2.05, 4.69) is 5.32 Å². The summed E-state index contributed by atoms with van der Waals surface area (Å²) in [4.78, 5) is 22.6. The molecule has 0 bridgehead atoms. The van der Waals surface area contributed by atoms with Gasteiger partial charge in [0.1, 0.15) is 5.75 Å². The molecule has 0 saturated carbocycles. The van der Waals surface area contributed by atoms with Crippen LogP contribution in [0.25, 0.3) is 0 Å². The number of phenols is 1. The molecule has 0 heterocycles. The predicted octanol–water partition coefficient (Wildman–Crippen LogP) is 1.40. The van der Waals surface area contributed by atoms with Crippen molar-refractivity contribution in [1.82, 2.24) is 0 Å². The van der Waals surface area contributed by atoms with E-state index in [4.69, 9.17) is 10.8 Å². The Hall–Kier alpha value is -2.08. The smallest absolute Gasteiger partial charge is 0.335 e. The lowest BCUT2D eigenvalue weighted by Gasteiger charge is -2.15. The van der Waals surface area contributed by atoms with Crippen LogP contribution in [0.15, 0.2) is 18.2 Å². The van der Waals surface area contributed by atoms with Gasteiger partial charge < -0.3 is 21.3 Å². The molecule has 19 heavy (non-hydrogen) atoms. The van der Waals surface area contributed by atoms with Gasteiger partial charge in [-0.3, -0.25) is 4.79 Å². The number of nitrogens with two attached hydrogens (primary N) is 1. The fourth-order valence-corrected chi connectivity index (χ4v) is 1.61. The summed E-state index contributed by atoms with van der Waals surface area (Å²) in [6.45, 7) is 3.88. The Morgan fingerprint density at radius 1 is 1.37 bits per heavy atom. The van der Waals surface area contributed by atoms with Gasteiger partial charge in [0.2, 0.25) is 5.91 Å². The average Bonchev–Trinajstić information content (AvgIpc) is 2.30. The zero-order chi connectivity index (χ0) is 14.6. The molecular weight excluding hydrogens is 248 g/mol. The summed E-state index contributed by atoms with van der Waals surface area (Å²) in [7, 11) is 0. The molecule has 104 valence electrons. The number of aromatic hydroxyl groups is 1. The van der Waals surface area contributed by atoms with Crippen LogP contribution < -0.4 is 11.1 Å². The van der Waals surface area contributed by atoms with E-state index in [1.165, 1.54) is 18.2 Å². The summed E-state index contributed by atoms with van der Waals surface area (Å²) >= 11 is 0. The number of carbonyl (C=O) groups excluding carboxylic acids is 1. The van der Waals surface area contributed by atoms with Crippen molar-refractivity contribution in [3.8, 4) is 5.75 Å². The van der Waals surface area contributed by atoms with Gasteiger partial charge in [-0.1, -0.05) is 13.8 Å². The monoisotopic (exact) mass is 266 g/mol. The number of nitrogens with one attached hydrogen (secondary N) is 1. The molecule has 1 amide bonds. The Balaban J connectivity index is 2.84. The van der Waals surface area contributed by atoms with E-state index in [1.54, 1.807) is 0 Å². The molecule has 6 nitrogen and oxygen atoms in total. The second-order valence-electron chi connectivity index (χ2n) is 4.76. The summed E-state index contributed by atoms with van der Waals surface area (Å²) in [5.74, 6) is -1.52. The minimum absolute atomic E-state index is 0.0227. The number of rotatable bonds is 5. The molecule has 6 heteroatoms. The van der Waals surface area contributed by atoms with Gasteiger partial charge in [-0.05, 0) is 30.5 Å². The number of carbonyl (C=O) groups is 2. The topological polar surface area (TPSA) is 113 Å². The van der Waals surface area contributed by atoms with Crippen LogP contribution in [0.4, 0.5) is 5.69 Å². The lowest BCUT2D eigenvalue weighted by atomic mass is 10.0. The van der Waals surface area contributed by atoms with Crippen LogP contribution in [0.1, 0.15) is 30.6 Å². The van der Waals surface area contributed by atoms with Gasteiger partial charge in [0.25, 0.3) is 0 Å². The van der Waals surface area contributed by atoms with Crippen LogP contribution in [-0.2, 0) is 4.79 Å². The zero-order valence-electron chi connectivity index (χ0n) is 10.9. The number of hydrogen-bond acceptors (Lipinski definition) is 4. The maximum Gasteiger partial charge on any atom is 0.335 e. The molecule has 1 atom stereocenters. The van der Waals surface area contributed by atoms with E-state index in [1.807, 2.05) is 13.8 Å². The number of carboxylic acid groups (broad SMARTS) is 1. The molecule has 0 unspecified atom stereocenters. The molecule has 0 saturated heterocycles. The Bertz CT molecular complexity index is 486. The van der Waals surface area contributed by atoms with E-state index in [0.717, 1.165) is 0 Å². The van der Waals surface area contributed by atoms with E-state index in [9.17, 15) is 14.7 Å². The van der Waals surface area contributed by atoms with Gasteiger partial charge >= 0.3 is 5.97 Å². The number of hydrogen-bond donors (Lipinski definition) is 4. The first-order valence-electron chi connectivity index (χ1n) is 5.94. The number of anilines is 1. The summed E-state index contributed by atoms with van der Waals surface area (Å²) in [6, 6.07) is 2.96. The minimum Gasteiger partial charge on any atom is -0.506 e. The highest BCUT2D eigenvalue weighted by Crippen LogP contribution is 2.24. The second-order valence-corrected chi connectivity index (χ2v) is 4.76. The number of phenolic OH excluding ortho intramolecular Hbond substituents is 1. The molecule has 0 aliphatic rings. The second kappa shape index (κ2) is 6.19. The first-order valence-corrected chi connectivity index (χ1v) is 5.94. The van der Waals surface area contributed by atoms with Gasteiger partial charge in [0.05, 0.1) is 17.3 Å². The summed E-state index contributed by atoms with van der Waals surface area (Å²) in [6.07, 6.45) is 0.505. The first kappa shape index (κ1) is 15.0. The van der Waals surface area contributed by atoms with Crippen LogP contribution in [0, 0.1) is 5.92 Å². The summed E-state index contributed by atoms with van der Waals surface area (Å²) in [5.41, 5.74) is 5.73. The van der Waals surface area contributed by atoms with Crippen LogP contribution in [-0.4, -0.2) is 28.1 Å². The molecule has 0 aliphatic heterocycles. The van der Waals surface area contributed by atoms with Gasteiger partial charge in [-0.25, -0.2) is 4.79 Å². The van der Waals surface area contributed by atoms with Crippen molar-refractivity contribution in [2.24, 2.45) is 11.7 Å². The van der Waals surface area contributed by atoms with E-state index < -0.39 is 17.9 Å². The van der Waals surface area contributed by atoms with Crippen LogP contribution in [0.2, 0.25) is 0 Å². The molecule has 5 N–H and O–H groups in total. The third-order valence-electron chi connectivity index (χ3n) is 2.56. The highest BCUT2D eigenvalue weighted by Gasteiger charge is 2.17. The number of aromatic carboxylic acids is 1. The molecule has 0 aliphatic carbocycles. The Morgan fingerprint density at radius 3 is 2.53 bits per heavy atom. The van der Waals surface area contributed by atoms with Crippen LogP contribution in [0.3, 0.4) is 0 Å². The third kappa shape index (κ3) is 4.26. The SMILES string of the molecule is CC(C)C[C@@H](N)C(=O)Nc1cc(C(=O)O)ccc1O. The Labute approximate surface area is 111 Å². The largest absolute Gasteiger partial charge is 0.506 e. The summed E-state index contributed by atoms with van der Waals surface area (Å²) < 4.78 is 0. The van der Waals surface area contributed by atoms with E-state index in [-0.39, 0.29) is 22.9 Å². The van der Waals surface area contributed by atoms with Crippen molar-refractivity contribution < 1.29 is 19.8 Å². The van der Waals surface area contributed by atoms with E-state index >= 15 is 0 Å². The van der Waals surface area contributed by atoms with Crippen molar-refractivity contribution in [3.63, 3.8) is 0 Å². The van der Waals surface area contributed by atoms with E-state index in [0.29, 0.717) is 6.42 Å². The highest BCUT2D eigenvalue weighted by molar-refractivity contribution is 5.97. The lowest BCUT2D eigenvalue weighted by Crippen LogP contribution is -2.36. The quantitative estimate of drug-likeness (QED) is 0.602. The predicted molar refractivity (Wildman–Crippen MR) is 71.1 cm³/mol. The Kier molecular flexibility index (Phi) is 4.88.